The molecular formula is C14H19NO4. The van der Waals surface area contributed by atoms with Crippen LogP contribution < -0.4 is 10.1 Å². The number of aliphatic carboxylic acids is 1. The van der Waals surface area contributed by atoms with Crippen LogP contribution in [0, 0.1) is 6.92 Å². The van der Waals surface area contributed by atoms with Gasteiger partial charge >= 0.3 is 5.97 Å². The number of amides is 1. The molecular weight excluding hydrogens is 246 g/mol. The number of hydrogen-bond acceptors (Lipinski definition) is 3. The van der Waals surface area contributed by atoms with E-state index in [0.29, 0.717) is 0 Å². The third kappa shape index (κ3) is 3.98. The Kier molecular flexibility index (Phi) is 4.53. The number of carboxylic acid groups (broad SMARTS) is 1. The smallest absolute Gasteiger partial charge is 0.328 e. The molecule has 5 heteroatoms. The van der Waals surface area contributed by atoms with Crippen molar-refractivity contribution >= 4 is 11.9 Å². The SMILES string of the molecule is COc1ccc(CC(=O)NC(C)(C)C(=O)O)cc1C. The molecule has 1 aromatic carbocycles. The highest BCUT2D eigenvalue weighted by atomic mass is 16.5. The average Bonchev–Trinajstić information content (AvgIpc) is 2.28. The van der Waals surface area contributed by atoms with Gasteiger partial charge in [-0.3, -0.25) is 4.79 Å². The summed E-state index contributed by atoms with van der Waals surface area (Å²) in [7, 11) is 1.59. The van der Waals surface area contributed by atoms with Crippen molar-refractivity contribution in [2.75, 3.05) is 7.11 Å². The molecule has 0 saturated heterocycles. The van der Waals surface area contributed by atoms with E-state index in [-0.39, 0.29) is 12.3 Å². The van der Waals surface area contributed by atoms with Gasteiger partial charge in [-0.2, -0.15) is 0 Å². The van der Waals surface area contributed by atoms with Crippen LogP contribution in [0.4, 0.5) is 0 Å². The maximum atomic E-state index is 11.8. The van der Waals surface area contributed by atoms with E-state index in [4.69, 9.17) is 9.84 Å². The van der Waals surface area contributed by atoms with Crippen LogP contribution in [0.1, 0.15) is 25.0 Å². The van der Waals surface area contributed by atoms with Gasteiger partial charge < -0.3 is 15.2 Å². The fourth-order valence-electron chi connectivity index (χ4n) is 1.68. The summed E-state index contributed by atoms with van der Waals surface area (Å²) < 4.78 is 5.14. The lowest BCUT2D eigenvalue weighted by Crippen LogP contribution is -2.50. The van der Waals surface area contributed by atoms with Crippen molar-refractivity contribution in [3.63, 3.8) is 0 Å². The highest BCUT2D eigenvalue weighted by molar-refractivity contribution is 5.87. The lowest BCUT2D eigenvalue weighted by atomic mass is 10.0. The zero-order chi connectivity index (χ0) is 14.6. The van der Waals surface area contributed by atoms with Gasteiger partial charge in [0.05, 0.1) is 13.5 Å². The number of rotatable bonds is 5. The zero-order valence-electron chi connectivity index (χ0n) is 11.6. The Morgan fingerprint density at radius 2 is 2.00 bits per heavy atom. The molecule has 19 heavy (non-hydrogen) atoms. The number of methoxy groups -OCH3 is 1. The van der Waals surface area contributed by atoms with Gasteiger partial charge in [-0.1, -0.05) is 12.1 Å². The summed E-state index contributed by atoms with van der Waals surface area (Å²) in [5, 5.41) is 11.4. The molecule has 0 aliphatic carbocycles. The Hall–Kier alpha value is -2.04. The molecule has 0 fully saturated rings. The Labute approximate surface area is 112 Å². The summed E-state index contributed by atoms with van der Waals surface area (Å²) in [4.78, 5) is 22.7. The number of benzene rings is 1. The minimum atomic E-state index is -1.27. The first-order chi connectivity index (χ1) is 8.76. The predicted octanol–water partition coefficient (Wildman–Crippen LogP) is 1.53. The van der Waals surface area contributed by atoms with Crippen LogP contribution in [-0.4, -0.2) is 29.6 Å². The summed E-state index contributed by atoms with van der Waals surface area (Å²) >= 11 is 0. The molecule has 1 amide bonds. The monoisotopic (exact) mass is 265 g/mol. The number of hydrogen-bond donors (Lipinski definition) is 2. The zero-order valence-corrected chi connectivity index (χ0v) is 11.6. The van der Waals surface area contributed by atoms with Crippen LogP contribution in [0.15, 0.2) is 18.2 Å². The Balaban J connectivity index is 2.73. The largest absolute Gasteiger partial charge is 0.496 e. The first-order valence-electron chi connectivity index (χ1n) is 5.94. The van der Waals surface area contributed by atoms with Crippen LogP contribution in [0.2, 0.25) is 0 Å². The quantitative estimate of drug-likeness (QED) is 0.846. The van der Waals surface area contributed by atoms with E-state index in [1.807, 2.05) is 13.0 Å². The highest BCUT2D eigenvalue weighted by Crippen LogP contribution is 2.18. The molecule has 0 heterocycles. The summed E-state index contributed by atoms with van der Waals surface area (Å²) in [5.74, 6) is -0.626. The third-order valence-corrected chi connectivity index (χ3v) is 2.81. The standard InChI is InChI=1S/C14H19NO4/c1-9-7-10(5-6-11(9)19-4)8-12(16)15-14(2,3)13(17)18/h5-7H,8H2,1-4H3,(H,15,16)(H,17,18). The van der Waals surface area contributed by atoms with Gasteiger partial charge in [0.25, 0.3) is 0 Å². The van der Waals surface area contributed by atoms with Crippen molar-refractivity contribution in [3.8, 4) is 5.75 Å². The number of ether oxygens (including phenoxy) is 1. The number of nitrogens with one attached hydrogen (secondary N) is 1. The normalized spacial score (nSPS) is 10.9. The van der Waals surface area contributed by atoms with Crippen LogP contribution >= 0.6 is 0 Å². The fraction of sp³-hybridized carbons (Fsp3) is 0.429. The van der Waals surface area contributed by atoms with Crippen molar-refractivity contribution < 1.29 is 19.4 Å². The van der Waals surface area contributed by atoms with Crippen LogP contribution in [0.3, 0.4) is 0 Å². The summed E-state index contributed by atoms with van der Waals surface area (Å²) in [5.41, 5.74) is 0.487. The molecule has 5 nitrogen and oxygen atoms in total. The molecule has 0 saturated carbocycles. The van der Waals surface area contributed by atoms with E-state index in [0.717, 1.165) is 16.9 Å². The van der Waals surface area contributed by atoms with Crippen molar-refractivity contribution in [2.45, 2.75) is 32.7 Å². The average molecular weight is 265 g/mol. The minimum absolute atomic E-state index is 0.140. The molecule has 104 valence electrons. The second-order valence-corrected chi connectivity index (χ2v) is 4.96. The maximum absolute atomic E-state index is 11.8. The summed E-state index contributed by atoms with van der Waals surface area (Å²) in [6.45, 7) is 4.79. The summed E-state index contributed by atoms with van der Waals surface area (Å²) in [6.07, 6.45) is 0.140. The molecule has 0 spiro atoms. The number of aryl methyl sites for hydroxylation is 1. The van der Waals surface area contributed by atoms with Gasteiger partial charge in [-0.15, -0.1) is 0 Å². The number of carbonyl (C=O) groups is 2. The molecule has 1 aromatic rings. The Morgan fingerprint density at radius 1 is 1.37 bits per heavy atom. The second-order valence-electron chi connectivity index (χ2n) is 4.96. The molecule has 0 aliphatic heterocycles. The number of carbonyl (C=O) groups excluding carboxylic acids is 1. The molecule has 0 radical (unpaired) electrons. The lowest BCUT2D eigenvalue weighted by Gasteiger charge is -2.21. The first kappa shape index (κ1) is 15.0. The van der Waals surface area contributed by atoms with Gasteiger partial charge in [0.1, 0.15) is 11.3 Å². The van der Waals surface area contributed by atoms with E-state index in [2.05, 4.69) is 5.32 Å². The lowest BCUT2D eigenvalue weighted by molar-refractivity contribution is -0.145. The molecule has 1 rings (SSSR count). The second kappa shape index (κ2) is 5.73. The van der Waals surface area contributed by atoms with Crippen LogP contribution in [0.5, 0.6) is 5.75 Å². The van der Waals surface area contributed by atoms with E-state index in [1.165, 1.54) is 13.8 Å². The molecule has 2 N–H and O–H groups in total. The highest BCUT2D eigenvalue weighted by Gasteiger charge is 2.28. The minimum Gasteiger partial charge on any atom is -0.496 e. The molecule has 0 bridgehead atoms. The number of carboxylic acids is 1. The maximum Gasteiger partial charge on any atom is 0.328 e. The van der Waals surface area contributed by atoms with Crippen LogP contribution in [-0.2, 0) is 16.0 Å². The van der Waals surface area contributed by atoms with E-state index in [1.54, 1.807) is 19.2 Å². The third-order valence-electron chi connectivity index (χ3n) is 2.81. The van der Waals surface area contributed by atoms with E-state index in [9.17, 15) is 9.59 Å². The van der Waals surface area contributed by atoms with Crippen molar-refractivity contribution in [3.05, 3.63) is 29.3 Å². The van der Waals surface area contributed by atoms with Crippen molar-refractivity contribution in [1.82, 2.24) is 5.32 Å². The van der Waals surface area contributed by atoms with Gasteiger partial charge in [0.2, 0.25) is 5.91 Å². The van der Waals surface area contributed by atoms with Crippen molar-refractivity contribution in [1.29, 1.82) is 0 Å². The van der Waals surface area contributed by atoms with Crippen LogP contribution in [0.25, 0.3) is 0 Å². The molecule has 0 aromatic heterocycles. The van der Waals surface area contributed by atoms with E-state index >= 15 is 0 Å². The molecule has 0 unspecified atom stereocenters. The Morgan fingerprint density at radius 3 is 2.47 bits per heavy atom. The van der Waals surface area contributed by atoms with Crippen molar-refractivity contribution in [2.24, 2.45) is 0 Å². The summed E-state index contributed by atoms with van der Waals surface area (Å²) in [6, 6.07) is 5.44. The van der Waals surface area contributed by atoms with Gasteiger partial charge in [0, 0.05) is 0 Å². The Bertz CT molecular complexity index is 494. The fourth-order valence-corrected chi connectivity index (χ4v) is 1.68. The van der Waals surface area contributed by atoms with E-state index < -0.39 is 11.5 Å². The molecule has 0 aliphatic rings. The van der Waals surface area contributed by atoms with Gasteiger partial charge in [-0.05, 0) is 38.0 Å². The predicted molar refractivity (Wildman–Crippen MR) is 71.3 cm³/mol. The van der Waals surface area contributed by atoms with Gasteiger partial charge in [0.15, 0.2) is 0 Å². The van der Waals surface area contributed by atoms with Gasteiger partial charge in [-0.25, -0.2) is 4.79 Å². The molecule has 0 atom stereocenters. The topological polar surface area (TPSA) is 75.6 Å². The first-order valence-corrected chi connectivity index (χ1v) is 5.94.